The molecule has 0 heterocycles. The number of carbonyl (C=O) groups excluding carboxylic acids is 2. The fourth-order valence-corrected chi connectivity index (χ4v) is 2.03. The first-order valence-corrected chi connectivity index (χ1v) is 6.90. The second-order valence-corrected chi connectivity index (χ2v) is 4.85. The molecule has 0 aliphatic rings. The average molecular weight is 329 g/mol. The van der Waals surface area contributed by atoms with Gasteiger partial charge in [-0.3, -0.25) is 9.59 Å². The lowest BCUT2D eigenvalue weighted by atomic mass is 10.1. The van der Waals surface area contributed by atoms with Crippen molar-refractivity contribution in [3.8, 4) is 5.75 Å². The van der Waals surface area contributed by atoms with Gasteiger partial charge in [0.15, 0.2) is 5.78 Å². The van der Waals surface area contributed by atoms with Crippen LogP contribution in [0.4, 0.5) is 0 Å². The van der Waals surface area contributed by atoms with Crippen molar-refractivity contribution in [2.45, 2.75) is 26.2 Å². The number of rotatable bonds is 7. The molecule has 0 saturated carbocycles. The third-order valence-electron chi connectivity index (χ3n) is 2.50. The van der Waals surface area contributed by atoms with Gasteiger partial charge in [0.05, 0.1) is 24.6 Å². The van der Waals surface area contributed by atoms with Crippen LogP contribution < -0.4 is 4.74 Å². The molecule has 0 saturated heterocycles. The first kappa shape index (κ1) is 15.7. The average Bonchev–Trinajstić information content (AvgIpc) is 2.42. The molecule has 19 heavy (non-hydrogen) atoms. The van der Waals surface area contributed by atoms with Crippen molar-refractivity contribution in [2.24, 2.45) is 0 Å². The zero-order valence-corrected chi connectivity index (χ0v) is 12.7. The topological polar surface area (TPSA) is 52.6 Å². The number of halogens is 1. The van der Waals surface area contributed by atoms with Gasteiger partial charge in [-0.2, -0.15) is 0 Å². The van der Waals surface area contributed by atoms with E-state index in [4.69, 9.17) is 9.47 Å². The molecule has 0 amide bonds. The normalized spacial score (nSPS) is 10.1. The zero-order chi connectivity index (χ0) is 14.3. The second kappa shape index (κ2) is 7.94. The van der Waals surface area contributed by atoms with Crippen molar-refractivity contribution in [3.63, 3.8) is 0 Å². The molecule has 0 aliphatic carbocycles. The van der Waals surface area contributed by atoms with E-state index in [1.165, 1.54) is 0 Å². The fourth-order valence-electron chi connectivity index (χ4n) is 1.49. The predicted molar refractivity (Wildman–Crippen MR) is 75.5 cm³/mol. The summed E-state index contributed by atoms with van der Waals surface area (Å²) >= 11 is 3.32. The standard InChI is InChI=1S/C14H17BrO4/c1-3-8-19-14(17)7-5-12(16)10-4-6-13(18-2)11(15)9-10/h4,6,9H,3,5,7-8H2,1-2H3. The minimum absolute atomic E-state index is 0.0863. The molecule has 0 bridgehead atoms. The minimum atomic E-state index is -0.331. The Morgan fingerprint density at radius 3 is 2.58 bits per heavy atom. The molecule has 0 unspecified atom stereocenters. The van der Waals surface area contributed by atoms with Crippen LogP contribution in [0.1, 0.15) is 36.5 Å². The Morgan fingerprint density at radius 1 is 1.26 bits per heavy atom. The summed E-state index contributed by atoms with van der Waals surface area (Å²) in [5.41, 5.74) is 0.552. The Morgan fingerprint density at radius 2 is 2.00 bits per heavy atom. The van der Waals surface area contributed by atoms with Gasteiger partial charge in [0.2, 0.25) is 0 Å². The van der Waals surface area contributed by atoms with Crippen LogP contribution in [0.3, 0.4) is 0 Å². The Labute approximate surface area is 121 Å². The number of Topliss-reactive ketones (excluding diaryl/α,β-unsaturated/α-hetero) is 1. The molecule has 0 fully saturated rings. The number of ether oxygens (including phenoxy) is 2. The van der Waals surface area contributed by atoms with E-state index in [0.717, 1.165) is 10.9 Å². The van der Waals surface area contributed by atoms with E-state index in [1.807, 2.05) is 6.92 Å². The van der Waals surface area contributed by atoms with Crippen molar-refractivity contribution >= 4 is 27.7 Å². The van der Waals surface area contributed by atoms with Crippen LogP contribution in [-0.2, 0) is 9.53 Å². The van der Waals surface area contributed by atoms with E-state index in [0.29, 0.717) is 17.9 Å². The van der Waals surface area contributed by atoms with Gasteiger partial charge in [-0.1, -0.05) is 6.92 Å². The summed E-state index contributed by atoms with van der Waals surface area (Å²) in [4.78, 5) is 23.2. The van der Waals surface area contributed by atoms with Crippen LogP contribution in [0.25, 0.3) is 0 Å². The van der Waals surface area contributed by atoms with Crippen LogP contribution in [0.15, 0.2) is 22.7 Å². The molecule has 1 aromatic rings. The molecule has 104 valence electrons. The number of hydrogen-bond acceptors (Lipinski definition) is 4. The number of ketones is 1. The largest absolute Gasteiger partial charge is 0.496 e. The number of methoxy groups -OCH3 is 1. The summed E-state index contributed by atoms with van der Waals surface area (Å²) in [7, 11) is 1.56. The molecular weight excluding hydrogens is 312 g/mol. The number of benzene rings is 1. The maximum Gasteiger partial charge on any atom is 0.306 e. The van der Waals surface area contributed by atoms with Gasteiger partial charge in [-0.05, 0) is 40.5 Å². The molecule has 4 nitrogen and oxygen atoms in total. The summed E-state index contributed by atoms with van der Waals surface area (Å²) in [6, 6.07) is 5.09. The molecular formula is C14H17BrO4. The summed E-state index contributed by atoms with van der Waals surface area (Å²) in [6.45, 7) is 2.33. The van der Waals surface area contributed by atoms with Crippen LogP contribution in [-0.4, -0.2) is 25.5 Å². The van der Waals surface area contributed by atoms with Crippen molar-refractivity contribution in [2.75, 3.05) is 13.7 Å². The van der Waals surface area contributed by atoms with E-state index in [2.05, 4.69) is 15.9 Å². The van der Waals surface area contributed by atoms with Crippen molar-refractivity contribution in [1.29, 1.82) is 0 Å². The van der Waals surface area contributed by atoms with Gasteiger partial charge >= 0.3 is 5.97 Å². The lowest BCUT2D eigenvalue weighted by Gasteiger charge is -2.06. The molecule has 0 aliphatic heterocycles. The van der Waals surface area contributed by atoms with Gasteiger partial charge in [0.1, 0.15) is 5.75 Å². The first-order valence-electron chi connectivity index (χ1n) is 6.10. The summed E-state index contributed by atoms with van der Waals surface area (Å²) in [5, 5.41) is 0. The highest BCUT2D eigenvalue weighted by molar-refractivity contribution is 9.10. The smallest absolute Gasteiger partial charge is 0.306 e. The van der Waals surface area contributed by atoms with Gasteiger partial charge in [0.25, 0.3) is 0 Å². The molecule has 0 aromatic heterocycles. The van der Waals surface area contributed by atoms with Gasteiger partial charge in [0, 0.05) is 12.0 Å². The summed E-state index contributed by atoms with van der Waals surface area (Å²) < 4.78 is 10.7. The predicted octanol–water partition coefficient (Wildman–Crippen LogP) is 3.37. The third-order valence-corrected chi connectivity index (χ3v) is 3.12. The molecule has 0 spiro atoms. The molecule has 0 atom stereocenters. The van der Waals surface area contributed by atoms with Gasteiger partial charge in [-0.15, -0.1) is 0 Å². The van der Waals surface area contributed by atoms with Gasteiger partial charge in [-0.25, -0.2) is 0 Å². The number of esters is 1. The van der Waals surface area contributed by atoms with Crippen molar-refractivity contribution in [3.05, 3.63) is 28.2 Å². The first-order chi connectivity index (χ1) is 9.08. The summed E-state index contributed by atoms with van der Waals surface area (Å²) in [5.74, 6) is 0.249. The van der Waals surface area contributed by atoms with Crippen LogP contribution >= 0.6 is 15.9 Å². The highest BCUT2D eigenvalue weighted by Crippen LogP contribution is 2.26. The van der Waals surface area contributed by atoms with E-state index in [9.17, 15) is 9.59 Å². The Balaban J connectivity index is 2.54. The SMILES string of the molecule is CCCOC(=O)CCC(=O)c1ccc(OC)c(Br)c1. The summed E-state index contributed by atoms with van der Waals surface area (Å²) in [6.07, 6.45) is 1.05. The Hall–Kier alpha value is -1.36. The quantitative estimate of drug-likeness (QED) is 0.568. The van der Waals surface area contributed by atoms with Crippen LogP contribution in [0.2, 0.25) is 0 Å². The molecule has 0 N–H and O–H groups in total. The number of carbonyl (C=O) groups is 2. The van der Waals surface area contributed by atoms with E-state index >= 15 is 0 Å². The molecule has 1 rings (SSSR count). The van der Waals surface area contributed by atoms with E-state index in [-0.39, 0.29) is 24.6 Å². The fraction of sp³-hybridized carbons (Fsp3) is 0.429. The second-order valence-electron chi connectivity index (χ2n) is 3.99. The van der Waals surface area contributed by atoms with E-state index in [1.54, 1.807) is 25.3 Å². The van der Waals surface area contributed by atoms with Gasteiger partial charge < -0.3 is 9.47 Å². The molecule has 5 heteroatoms. The third kappa shape index (κ3) is 5.03. The van der Waals surface area contributed by atoms with Crippen LogP contribution in [0, 0.1) is 0 Å². The van der Waals surface area contributed by atoms with E-state index < -0.39 is 0 Å². The number of hydrogen-bond donors (Lipinski definition) is 0. The highest BCUT2D eigenvalue weighted by Gasteiger charge is 2.11. The van der Waals surface area contributed by atoms with Crippen LogP contribution in [0.5, 0.6) is 5.75 Å². The minimum Gasteiger partial charge on any atom is -0.496 e. The monoisotopic (exact) mass is 328 g/mol. The molecule has 0 radical (unpaired) electrons. The lowest BCUT2D eigenvalue weighted by molar-refractivity contribution is -0.143. The van der Waals surface area contributed by atoms with Crippen molar-refractivity contribution in [1.82, 2.24) is 0 Å². The van der Waals surface area contributed by atoms with Crippen molar-refractivity contribution < 1.29 is 19.1 Å². The maximum atomic E-state index is 11.9. The highest BCUT2D eigenvalue weighted by atomic mass is 79.9. The molecule has 1 aromatic carbocycles. The Bertz CT molecular complexity index is 457. The zero-order valence-electron chi connectivity index (χ0n) is 11.1. The Kier molecular flexibility index (Phi) is 6.56. The maximum absolute atomic E-state index is 11.9. The lowest BCUT2D eigenvalue weighted by Crippen LogP contribution is -2.08.